The van der Waals surface area contributed by atoms with Gasteiger partial charge in [-0.15, -0.1) is 5.10 Å². The number of aromatic nitrogens is 3. The van der Waals surface area contributed by atoms with Gasteiger partial charge in [0.25, 0.3) is 0 Å². The molecule has 2 rings (SSSR count). The number of hydrogen-bond acceptors (Lipinski definition) is 6. The fourth-order valence-corrected chi connectivity index (χ4v) is 1.75. The highest BCUT2D eigenvalue weighted by Gasteiger charge is 2.09. The zero-order valence-corrected chi connectivity index (χ0v) is 12.8. The number of hydrogen-bond donors (Lipinski definition) is 2. The molecule has 1 heterocycles. The standard InChI is InChI=1S/C14H17N5O4/c1-3-23-14(21)16-12-8-19(18-17-12)9-13(20)15-10-5-4-6-11(7-10)22-2/h4-8H,3,9H2,1-2H3,(H,15,20)(H,16,21). The molecule has 0 atom stereocenters. The van der Waals surface area contributed by atoms with Gasteiger partial charge in [0, 0.05) is 11.8 Å². The van der Waals surface area contributed by atoms with Crippen LogP contribution in [0.5, 0.6) is 5.75 Å². The van der Waals surface area contributed by atoms with Crippen LogP contribution in [0.4, 0.5) is 16.3 Å². The highest BCUT2D eigenvalue weighted by molar-refractivity contribution is 5.90. The first-order valence-corrected chi connectivity index (χ1v) is 6.88. The van der Waals surface area contributed by atoms with Gasteiger partial charge in [0.05, 0.1) is 19.9 Å². The molecule has 0 aliphatic rings. The maximum atomic E-state index is 12.0. The number of benzene rings is 1. The lowest BCUT2D eigenvalue weighted by atomic mass is 10.3. The van der Waals surface area contributed by atoms with Crippen LogP contribution in [0.25, 0.3) is 0 Å². The number of amides is 2. The highest BCUT2D eigenvalue weighted by Crippen LogP contribution is 2.16. The van der Waals surface area contributed by atoms with Crippen LogP contribution in [0.3, 0.4) is 0 Å². The summed E-state index contributed by atoms with van der Waals surface area (Å²) in [7, 11) is 1.55. The summed E-state index contributed by atoms with van der Waals surface area (Å²) < 4.78 is 11.1. The third-order valence-corrected chi connectivity index (χ3v) is 2.70. The van der Waals surface area contributed by atoms with E-state index in [1.54, 1.807) is 38.3 Å². The molecule has 0 saturated carbocycles. The molecule has 2 aromatic rings. The second kappa shape index (κ2) is 7.78. The zero-order valence-electron chi connectivity index (χ0n) is 12.8. The molecule has 0 unspecified atom stereocenters. The quantitative estimate of drug-likeness (QED) is 0.835. The van der Waals surface area contributed by atoms with E-state index in [0.29, 0.717) is 11.4 Å². The van der Waals surface area contributed by atoms with E-state index < -0.39 is 6.09 Å². The summed E-state index contributed by atoms with van der Waals surface area (Å²) in [4.78, 5) is 23.2. The maximum absolute atomic E-state index is 12.0. The van der Waals surface area contributed by atoms with Crippen molar-refractivity contribution in [3.05, 3.63) is 30.5 Å². The molecule has 0 saturated heterocycles. The van der Waals surface area contributed by atoms with Crippen LogP contribution in [0.2, 0.25) is 0 Å². The van der Waals surface area contributed by atoms with E-state index in [9.17, 15) is 9.59 Å². The SMILES string of the molecule is CCOC(=O)Nc1cn(CC(=O)Nc2cccc(OC)c2)nn1. The summed E-state index contributed by atoms with van der Waals surface area (Å²) in [6.45, 7) is 1.90. The molecule has 2 N–H and O–H groups in total. The molecule has 1 aromatic carbocycles. The molecular formula is C14H17N5O4. The molecule has 23 heavy (non-hydrogen) atoms. The van der Waals surface area contributed by atoms with Gasteiger partial charge in [-0.05, 0) is 19.1 Å². The molecule has 0 bridgehead atoms. The zero-order chi connectivity index (χ0) is 16.7. The van der Waals surface area contributed by atoms with Crippen molar-refractivity contribution in [2.75, 3.05) is 24.4 Å². The van der Waals surface area contributed by atoms with E-state index >= 15 is 0 Å². The van der Waals surface area contributed by atoms with Crippen LogP contribution >= 0.6 is 0 Å². The first-order chi connectivity index (χ1) is 11.1. The fourth-order valence-electron chi connectivity index (χ4n) is 1.75. The molecule has 9 heteroatoms. The lowest BCUT2D eigenvalue weighted by molar-refractivity contribution is -0.116. The van der Waals surface area contributed by atoms with Crippen molar-refractivity contribution in [2.45, 2.75) is 13.5 Å². The van der Waals surface area contributed by atoms with E-state index in [0.717, 1.165) is 0 Å². The summed E-state index contributed by atoms with van der Waals surface area (Å²) in [6.07, 6.45) is 0.808. The van der Waals surface area contributed by atoms with E-state index in [1.165, 1.54) is 10.9 Å². The second-order valence-corrected chi connectivity index (χ2v) is 4.43. The fraction of sp³-hybridized carbons (Fsp3) is 0.286. The van der Waals surface area contributed by atoms with E-state index in [-0.39, 0.29) is 24.9 Å². The van der Waals surface area contributed by atoms with Gasteiger partial charge in [0.2, 0.25) is 5.91 Å². The largest absolute Gasteiger partial charge is 0.497 e. The highest BCUT2D eigenvalue weighted by atomic mass is 16.5. The lowest BCUT2D eigenvalue weighted by Gasteiger charge is -2.06. The summed E-state index contributed by atoms with van der Waals surface area (Å²) in [5.74, 6) is 0.563. The third kappa shape index (κ3) is 4.99. The van der Waals surface area contributed by atoms with Crippen molar-refractivity contribution in [3.63, 3.8) is 0 Å². The summed E-state index contributed by atoms with van der Waals surface area (Å²) >= 11 is 0. The molecule has 1 aromatic heterocycles. The number of carbonyl (C=O) groups excluding carboxylic acids is 2. The Morgan fingerprint density at radius 2 is 2.13 bits per heavy atom. The van der Waals surface area contributed by atoms with Crippen molar-refractivity contribution in [2.24, 2.45) is 0 Å². The minimum absolute atomic E-state index is 0.0469. The first kappa shape index (κ1) is 16.3. The maximum Gasteiger partial charge on any atom is 0.412 e. The number of nitrogens with one attached hydrogen (secondary N) is 2. The van der Waals surface area contributed by atoms with Gasteiger partial charge >= 0.3 is 6.09 Å². The van der Waals surface area contributed by atoms with Gasteiger partial charge in [-0.25, -0.2) is 9.48 Å². The molecular weight excluding hydrogens is 302 g/mol. The number of anilines is 2. The number of nitrogens with zero attached hydrogens (tertiary/aromatic N) is 3. The summed E-state index contributed by atoms with van der Waals surface area (Å²) in [5, 5.41) is 12.6. The molecule has 0 fully saturated rings. The molecule has 0 spiro atoms. The van der Waals surface area contributed by atoms with Crippen molar-refractivity contribution in [3.8, 4) is 5.75 Å². The smallest absolute Gasteiger partial charge is 0.412 e. The van der Waals surface area contributed by atoms with Crippen LogP contribution in [0, 0.1) is 0 Å². The van der Waals surface area contributed by atoms with Crippen LogP contribution in [-0.2, 0) is 16.1 Å². The molecule has 0 aliphatic heterocycles. The van der Waals surface area contributed by atoms with Crippen LogP contribution in [0.1, 0.15) is 6.92 Å². The average Bonchev–Trinajstić information content (AvgIpc) is 2.94. The van der Waals surface area contributed by atoms with Gasteiger partial charge in [-0.3, -0.25) is 10.1 Å². The molecule has 0 radical (unpaired) electrons. The molecule has 2 amide bonds. The molecule has 0 aliphatic carbocycles. The predicted molar refractivity (Wildman–Crippen MR) is 82.3 cm³/mol. The Labute approximate surface area is 132 Å². The Hall–Kier alpha value is -3.10. The summed E-state index contributed by atoms with van der Waals surface area (Å²) in [5.41, 5.74) is 0.610. The normalized spacial score (nSPS) is 10.0. The second-order valence-electron chi connectivity index (χ2n) is 4.43. The van der Waals surface area contributed by atoms with E-state index in [2.05, 4.69) is 20.9 Å². The van der Waals surface area contributed by atoms with E-state index in [4.69, 9.17) is 9.47 Å². The Morgan fingerprint density at radius 3 is 2.87 bits per heavy atom. The van der Waals surface area contributed by atoms with Crippen LogP contribution in [0.15, 0.2) is 30.5 Å². The number of rotatable bonds is 6. The van der Waals surface area contributed by atoms with Gasteiger partial charge < -0.3 is 14.8 Å². The van der Waals surface area contributed by atoms with Crippen LogP contribution in [-0.4, -0.2) is 40.7 Å². The number of methoxy groups -OCH3 is 1. The predicted octanol–water partition coefficient (Wildman–Crippen LogP) is 1.49. The third-order valence-electron chi connectivity index (χ3n) is 2.70. The van der Waals surface area contributed by atoms with Gasteiger partial charge in [0.1, 0.15) is 12.3 Å². The lowest BCUT2D eigenvalue weighted by Crippen LogP contribution is -2.19. The van der Waals surface area contributed by atoms with Gasteiger partial charge in [-0.2, -0.15) is 0 Å². The Kier molecular flexibility index (Phi) is 5.50. The minimum atomic E-state index is -0.625. The number of ether oxygens (including phenoxy) is 2. The average molecular weight is 319 g/mol. The Bertz CT molecular complexity index is 685. The van der Waals surface area contributed by atoms with Gasteiger partial charge in [0.15, 0.2) is 5.82 Å². The summed E-state index contributed by atoms with van der Waals surface area (Å²) in [6, 6.07) is 6.99. The molecule has 122 valence electrons. The van der Waals surface area contributed by atoms with Crippen molar-refractivity contribution < 1.29 is 19.1 Å². The van der Waals surface area contributed by atoms with E-state index in [1.807, 2.05) is 0 Å². The van der Waals surface area contributed by atoms with Crippen LogP contribution < -0.4 is 15.4 Å². The molecule has 9 nitrogen and oxygen atoms in total. The van der Waals surface area contributed by atoms with Crippen molar-refractivity contribution in [1.82, 2.24) is 15.0 Å². The topological polar surface area (TPSA) is 107 Å². The first-order valence-electron chi connectivity index (χ1n) is 6.88. The Balaban J connectivity index is 1.90. The Morgan fingerprint density at radius 1 is 1.30 bits per heavy atom. The minimum Gasteiger partial charge on any atom is -0.497 e. The van der Waals surface area contributed by atoms with Crippen molar-refractivity contribution in [1.29, 1.82) is 0 Å². The number of carbonyl (C=O) groups is 2. The monoisotopic (exact) mass is 319 g/mol. The van der Waals surface area contributed by atoms with Crippen molar-refractivity contribution >= 4 is 23.5 Å². The van der Waals surface area contributed by atoms with Gasteiger partial charge in [-0.1, -0.05) is 11.3 Å².